The highest BCUT2D eigenvalue weighted by molar-refractivity contribution is 5.12. The summed E-state index contributed by atoms with van der Waals surface area (Å²) in [6, 6.07) is 4.94. The van der Waals surface area contributed by atoms with Gasteiger partial charge in [-0.25, -0.2) is 0 Å². The molecule has 1 saturated carbocycles. The summed E-state index contributed by atoms with van der Waals surface area (Å²) in [5.74, 6) is 0.676. The number of rotatable bonds is 5. The van der Waals surface area contributed by atoms with E-state index in [1.54, 1.807) is 0 Å². The van der Waals surface area contributed by atoms with Gasteiger partial charge in [0.15, 0.2) is 0 Å². The molecule has 1 heterocycles. The van der Waals surface area contributed by atoms with Crippen LogP contribution in [0.3, 0.4) is 0 Å². The minimum Gasteiger partial charge on any atom is -0.330 e. The van der Waals surface area contributed by atoms with Crippen molar-refractivity contribution < 1.29 is 0 Å². The number of aromatic nitrogens is 1. The van der Waals surface area contributed by atoms with Crippen molar-refractivity contribution in [2.24, 2.45) is 11.7 Å². The van der Waals surface area contributed by atoms with E-state index in [-0.39, 0.29) is 0 Å². The Bertz CT molecular complexity index is 361. The van der Waals surface area contributed by atoms with Crippen molar-refractivity contribution in [3.8, 4) is 0 Å². The predicted molar refractivity (Wildman–Crippen MR) is 75.2 cm³/mol. The van der Waals surface area contributed by atoms with Gasteiger partial charge in [0.05, 0.1) is 5.69 Å². The monoisotopic (exact) mass is 247 g/mol. The van der Waals surface area contributed by atoms with Crippen LogP contribution in [-0.4, -0.2) is 29.0 Å². The molecular formula is C15H25N3. The van der Waals surface area contributed by atoms with Crippen molar-refractivity contribution >= 4 is 0 Å². The Balaban J connectivity index is 2.02. The second-order valence-electron chi connectivity index (χ2n) is 5.38. The lowest BCUT2D eigenvalue weighted by Crippen LogP contribution is -2.39. The van der Waals surface area contributed by atoms with Crippen LogP contribution in [0, 0.1) is 12.8 Å². The van der Waals surface area contributed by atoms with Crippen molar-refractivity contribution in [3.63, 3.8) is 0 Å². The first-order chi connectivity index (χ1) is 8.74. The molecule has 0 bridgehead atoms. The second-order valence-corrected chi connectivity index (χ2v) is 5.38. The van der Waals surface area contributed by atoms with Gasteiger partial charge in [-0.2, -0.15) is 0 Å². The smallest absolute Gasteiger partial charge is 0.0544 e. The minimum atomic E-state index is 0.656. The fraction of sp³-hybridized carbons (Fsp3) is 0.667. The molecule has 0 spiro atoms. The normalized spacial score (nSPS) is 23.8. The summed E-state index contributed by atoms with van der Waals surface area (Å²) in [5.41, 5.74) is 8.28. The molecule has 1 aliphatic carbocycles. The summed E-state index contributed by atoms with van der Waals surface area (Å²) >= 11 is 0. The first-order valence-corrected chi connectivity index (χ1v) is 7.10. The van der Waals surface area contributed by atoms with Crippen LogP contribution in [0.1, 0.15) is 37.4 Å². The first-order valence-electron chi connectivity index (χ1n) is 7.10. The molecule has 100 valence electrons. The minimum absolute atomic E-state index is 0.656. The Morgan fingerprint density at radius 2 is 2.22 bits per heavy atom. The molecule has 2 N–H and O–H groups in total. The Labute approximate surface area is 110 Å². The van der Waals surface area contributed by atoms with E-state index >= 15 is 0 Å². The van der Waals surface area contributed by atoms with Crippen LogP contribution < -0.4 is 5.73 Å². The molecule has 0 aliphatic heterocycles. The summed E-state index contributed by atoms with van der Waals surface area (Å²) in [4.78, 5) is 7.06. The summed E-state index contributed by atoms with van der Waals surface area (Å²) in [7, 11) is 0. The fourth-order valence-electron chi connectivity index (χ4n) is 3.04. The molecule has 0 saturated heterocycles. The molecule has 0 radical (unpaired) electrons. The maximum absolute atomic E-state index is 5.89. The van der Waals surface area contributed by atoms with Crippen molar-refractivity contribution in [1.29, 1.82) is 0 Å². The number of aryl methyl sites for hydroxylation is 1. The van der Waals surface area contributed by atoms with Crippen LogP contribution in [0.25, 0.3) is 0 Å². The second kappa shape index (κ2) is 6.30. The van der Waals surface area contributed by atoms with Gasteiger partial charge < -0.3 is 5.73 Å². The maximum Gasteiger partial charge on any atom is 0.0544 e. The largest absolute Gasteiger partial charge is 0.330 e. The summed E-state index contributed by atoms with van der Waals surface area (Å²) < 4.78 is 0. The predicted octanol–water partition coefficient (Wildman–Crippen LogP) is 2.34. The molecule has 18 heavy (non-hydrogen) atoms. The molecule has 0 aromatic carbocycles. The third-order valence-corrected chi connectivity index (χ3v) is 4.13. The zero-order chi connectivity index (χ0) is 13.0. The highest BCUT2D eigenvalue weighted by atomic mass is 15.2. The number of hydrogen-bond acceptors (Lipinski definition) is 3. The standard InChI is InChI=1S/C15H25N3/c1-3-18(15-6-4-5-13(15)9-16)11-14-8-7-12(2)10-17-14/h7-8,10,13,15H,3-6,9,11,16H2,1-2H3. The van der Waals surface area contributed by atoms with E-state index in [4.69, 9.17) is 5.73 Å². The van der Waals surface area contributed by atoms with E-state index < -0.39 is 0 Å². The van der Waals surface area contributed by atoms with Gasteiger partial charge in [0.25, 0.3) is 0 Å². The first kappa shape index (κ1) is 13.5. The quantitative estimate of drug-likeness (QED) is 0.868. The Morgan fingerprint density at radius 3 is 2.83 bits per heavy atom. The Hall–Kier alpha value is -0.930. The van der Waals surface area contributed by atoms with E-state index in [2.05, 4.69) is 35.9 Å². The molecule has 3 heteroatoms. The zero-order valence-electron chi connectivity index (χ0n) is 11.6. The van der Waals surface area contributed by atoms with Gasteiger partial charge in [0, 0.05) is 18.8 Å². The molecule has 2 unspecified atom stereocenters. The van der Waals surface area contributed by atoms with E-state index in [0.717, 1.165) is 19.6 Å². The average Bonchev–Trinajstić information content (AvgIpc) is 2.86. The van der Waals surface area contributed by atoms with Gasteiger partial charge in [-0.1, -0.05) is 19.4 Å². The van der Waals surface area contributed by atoms with E-state index in [1.807, 2.05) is 6.20 Å². The molecule has 2 rings (SSSR count). The van der Waals surface area contributed by atoms with Crippen molar-refractivity contribution in [2.75, 3.05) is 13.1 Å². The van der Waals surface area contributed by atoms with Gasteiger partial charge in [0.1, 0.15) is 0 Å². The lowest BCUT2D eigenvalue weighted by Gasteiger charge is -2.31. The van der Waals surface area contributed by atoms with Crippen LogP contribution in [0.15, 0.2) is 18.3 Å². The summed E-state index contributed by atoms with van der Waals surface area (Å²) in [6.45, 7) is 7.17. The van der Waals surface area contributed by atoms with Crippen LogP contribution in [-0.2, 0) is 6.54 Å². The zero-order valence-corrected chi connectivity index (χ0v) is 11.6. The fourth-order valence-corrected chi connectivity index (χ4v) is 3.04. The average molecular weight is 247 g/mol. The Kier molecular flexibility index (Phi) is 4.72. The highest BCUT2D eigenvalue weighted by Gasteiger charge is 2.30. The van der Waals surface area contributed by atoms with Crippen LogP contribution >= 0.6 is 0 Å². The van der Waals surface area contributed by atoms with E-state index in [9.17, 15) is 0 Å². The van der Waals surface area contributed by atoms with Crippen molar-refractivity contribution in [1.82, 2.24) is 9.88 Å². The van der Waals surface area contributed by atoms with E-state index in [1.165, 1.54) is 30.5 Å². The topological polar surface area (TPSA) is 42.2 Å². The van der Waals surface area contributed by atoms with Gasteiger partial charge in [-0.3, -0.25) is 9.88 Å². The molecule has 0 amide bonds. The molecule has 1 aromatic heterocycles. The van der Waals surface area contributed by atoms with Crippen molar-refractivity contribution in [3.05, 3.63) is 29.6 Å². The number of hydrogen-bond donors (Lipinski definition) is 1. The SMILES string of the molecule is CCN(Cc1ccc(C)cn1)C1CCCC1CN. The van der Waals surface area contributed by atoms with Gasteiger partial charge >= 0.3 is 0 Å². The Morgan fingerprint density at radius 1 is 1.39 bits per heavy atom. The summed E-state index contributed by atoms with van der Waals surface area (Å²) in [6.07, 6.45) is 5.86. The highest BCUT2D eigenvalue weighted by Crippen LogP contribution is 2.29. The molecule has 1 aromatic rings. The van der Waals surface area contributed by atoms with Gasteiger partial charge in [-0.05, 0) is 50.4 Å². The third kappa shape index (κ3) is 3.09. The molecule has 2 atom stereocenters. The molecular weight excluding hydrogens is 222 g/mol. The van der Waals surface area contributed by atoms with Gasteiger partial charge in [-0.15, -0.1) is 0 Å². The van der Waals surface area contributed by atoms with Crippen LogP contribution in [0.2, 0.25) is 0 Å². The maximum atomic E-state index is 5.89. The van der Waals surface area contributed by atoms with E-state index in [0.29, 0.717) is 12.0 Å². The van der Waals surface area contributed by atoms with Crippen LogP contribution in [0.4, 0.5) is 0 Å². The molecule has 3 nitrogen and oxygen atoms in total. The number of nitrogens with zero attached hydrogens (tertiary/aromatic N) is 2. The summed E-state index contributed by atoms with van der Waals surface area (Å²) in [5, 5.41) is 0. The van der Waals surface area contributed by atoms with Crippen LogP contribution in [0.5, 0.6) is 0 Å². The molecule has 1 fully saturated rings. The number of nitrogens with two attached hydrogens (primary N) is 1. The third-order valence-electron chi connectivity index (χ3n) is 4.13. The van der Waals surface area contributed by atoms with Crippen molar-refractivity contribution in [2.45, 2.75) is 45.7 Å². The molecule has 1 aliphatic rings. The van der Waals surface area contributed by atoms with Gasteiger partial charge in [0.2, 0.25) is 0 Å². The lowest BCUT2D eigenvalue weighted by atomic mass is 10.0. The lowest BCUT2D eigenvalue weighted by molar-refractivity contribution is 0.160. The number of pyridine rings is 1.